The van der Waals surface area contributed by atoms with Crippen LogP contribution in [0.4, 0.5) is 0 Å². The van der Waals surface area contributed by atoms with E-state index in [0.717, 1.165) is 5.56 Å². The van der Waals surface area contributed by atoms with Crippen LogP contribution < -0.4 is 10.5 Å². The van der Waals surface area contributed by atoms with Crippen LogP contribution in [0.25, 0.3) is 11.1 Å². The molecule has 0 bridgehead atoms. The van der Waals surface area contributed by atoms with E-state index in [1.807, 2.05) is 0 Å². The fourth-order valence-corrected chi connectivity index (χ4v) is 2.91. The number of nitrogens with zero attached hydrogens (tertiary/aromatic N) is 1. The highest BCUT2D eigenvalue weighted by atomic mass is 32.2. The Morgan fingerprint density at radius 3 is 2.90 bits per heavy atom. The average molecular weight is 305 g/mol. The maximum absolute atomic E-state index is 12.2. The summed E-state index contributed by atoms with van der Waals surface area (Å²) >= 11 is 0. The summed E-state index contributed by atoms with van der Waals surface area (Å²) in [6.45, 7) is 0.135. The van der Waals surface area contributed by atoms with E-state index in [4.69, 9.17) is 4.42 Å². The molecule has 21 heavy (non-hydrogen) atoms. The normalized spacial score (nSPS) is 11.8. The number of hydrogen-bond acceptors (Lipinski definition) is 5. The lowest BCUT2D eigenvalue weighted by molar-refractivity contribution is 0.555. The standard InChI is InChI=1S/C13H11N3O4S/c17-13-16-11-6-10(3-4-12(11)20-13)21(18,19)15-8-9-2-1-5-14-7-9/h1-7,15H,8H2,(H,16,17). The average Bonchev–Trinajstić information content (AvgIpc) is 2.85. The van der Waals surface area contributed by atoms with E-state index >= 15 is 0 Å². The summed E-state index contributed by atoms with van der Waals surface area (Å²) in [4.78, 5) is 17.5. The number of nitrogens with one attached hydrogen (secondary N) is 2. The Morgan fingerprint density at radius 2 is 2.14 bits per heavy atom. The lowest BCUT2D eigenvalue weighted by Gasteiger charge is -2.06. The summed E-state index contributed by atoms with van der Waals surface area (Å²) in [5.74, 6) is -0.622. The van der Waals surface area contributed by atoms with Gasteiger partial charge in [0.1, 0.15) is 0 Å². The third-order valence-corrected chi connectivity index (χ3v) is 4.29. The highest BCUT2D eigenvalue weighted by Gasteiger charge is 2.15. The molecule has 0 fully saturated rings. The molecule has 8 heteroatoms. The number of hydrogen-bond donors (Lipinski definition) is 2. The summed E-state index contributed by atoms with van der Waals surface area (Å²) in [5, 5.41) is 0. The summed E-state index contributed by atoms with van der Waals surface area (Å²) in [6.07, 6.45) is 3.19. The van der Waals surface area contributed by atoms with Gasteiger partial charge < -0.3 is 4.42 Å². The number of rotatable bonds is 4. The van der Waals surface area contributed by atoms with E-state index < -0.39 is 15.8 Å². The molecular weight excluding hydrogens is 294 g/mol. The second-order valence-electron chi connectivity index (χ2n) is 4.36. The molecule has 0 unspecified atom stereocenters. The van der Waals surface area contributed by atoms with Gasteiger partial charge in [-0.25, -0.2) is 17.9 Å². The summed E-state index contributed by atoms with van der Waals surface area (Å²) in [5.41, 5.74) is 1.40. The SMILES string of the molecule is O=c1[nH]c2cc(S(=O)(=O)NCc3cccnc3)ccc2o1. The molecule has 0 amide bonds. The van der Waals surface area contributed by atoms with E-state index in [-0.39, 0.29) is 11.4 Å². The predicted octanol–water partition coefficient (Wildman–Crippen LogP) is 0.995. The molecule has 0 spiro atoms. The summed E-state index contributed by atoms with van der Waals surface area (Å²) in [7, 11) is -3.68. The van der Waals surface area contributed by atoms with Gasteiger partial charge in [-0.2, -0.15) is 0 Å². The van der Waals surface area contributed by atoms with Gasteiger partial charge in [0.2, 0.25) is 10.0 Å². The van der Waals surface area contributed by atoms with Gasteiger partial charge in [0, 0.05) is 18.9 Å². The first-order valence-corrected chi connectivity index (χ1v) is 7.54. The Kier molecular flexibility index (Phi) is 3.32. The molecule has 0 saturated carbocycles. The molecule has 0 aliphatic heterocycles. The van der Waals surface area contributed by atoms with Crippen molar-refractivity contribution in [1.82, 2.24) is 14.7 Å². The number of fused-ring (bicyclic) bond motifs is 1. The Labute approximate surface area is 119 Å². The van der Waals surface area contributed by atoms with Crippen LogP contribution in [0.15, 0.2) is 56.8 Å². The maximum Gasteiger partial charge on any atom is 0.417 e. The molecule has 0 saturated heterocycles. The molecule has 0 aliphatic rings. The van der Waals surface area contributed by atoms with E-state index in [0.29, 0.717) is 11.1 Å². The van der Waals surface area contributed by atoms with Gasteiger partial charge in [0.15, 0.2) is 5.58 Å². The minimum Gasteiger partial charge on any atom is -0.408 e. The van der Waals surface area contributed by atoms with Crippen LogP contribution in [0, 0.1) is 0 Å². The topological polar surface area (TPSA) is 105 Å². The van der Waals surface area contributed by atoms with Gasteiger partial charge in [0.25, 0.3) is 0 Å². The second kappa shape index (κ2) is 5.15. The van der Waals surface area contributed by atoms with Crippen LogP contribution >= 0.6 is 0 Å². The number of oxazole rings is 1. The van der Waals surface area contributed by atoms with Gasteiger partial charge >= 0.3 is 5.76 Å². The molecule has 0 aliphatic carbocycles. The molecule has 2 heterocycles. The quantitative estimate of drug-likeness (QED) is 0.748. The van der Waals surface area contributed by atoms with Crippen molar-refractivity contribution in [2.45, 2.75) is 11.4 Å². The molecule has 0 radical (unpaired) electrons. The van der Waals surface area contributed by atoms with Crippen LogP contribution in [0.3, 0.4) is 0 Å². The summed E-state index contributed by atoms with van der Waals surface area (Å²) in [6, 6.07) is 7.67. The highest BCUT2D eigenvalue weighted by Crippen LogP contribution is 2.16. The van der Waals surface area contributed by atoms with Crippen LogP contribution in [0.2, 0.25) is 0 Å². The molecule has 3 rings (SSSR count). The molecule has 3 aromatic rings. The van der Waals surface area contributed by atoms with E-state index in [1.165, 1.54) is 18.2 Å². The van der Waals surface area contributed by atoms with Crippen molar-refractivity contribution in [1.29, 1.82) is 0 Å². The van der Waals surface area contributed by atoms with Crippen LogP contribution in [-0.2, 0) is 16.6 Å². The van der Waals surface area contributed by atoms with Gasteiger partial charge in [0.05, 0.1) is 10.4 Å². The third-order valence-electron chi connectivity index (χ3n) is 2.89. The minimum atomic E-state index is -3.68. The minimum absolute atomic E-state index is 0.0518. The highest BCUT2D eigenvalue weighted by molar-refractivity contribution is 7.89. The van der Waals surface area contributed by atoms with Crippen molar-refractivity contribution in [2.24, 2.45) is 0 Å². The first-order chi connectivity index (χ1) is 10.0. The molecular formula is C13H11N3O4S. The number of H-pyrrole nitrogens is 1. The van der Waals surface area contributed by atoms with Crippen molar-refractivity contribution >= 4 is 21.1 Å². The molecule has 2 aromatic heterocycles. The van der Waals surface area contributed by atoms with Crippen molar-refractivity contribution in [2.75, 3.05) is 0 Å². The fraction of sp³-hybridized carbons (Fsp3) is 0.0769. The van der Waals surface area contributed by atoms with Gasteiger partial charge in [-0.3, -0.25) is 9.97 Å². The van der Waals surface area contributed by atoms with Gasteiger partial charge in [-0.1, -0.05) is 6.07 Å². The molecule has 108 valence electrons. The number of aromatic amines is 1. The maximum atomic E-state index is 12.2. The van der Waals surface area contributed by atoms with Crippen molar-refractivity contribution in [3.05, 3.63) is 58.8 Å². The molecule has 0 atom stereocenters. The number of pyridine rings is 1. The lowest BCUT2D eigenvalue weighted by atomic mass is 10.3. The van der Waals surface area contributed by atoms with Crippen LogP contribution in [0.1, 0.15) is 5.56 Å². The fourth-order valence-electron chi connectivity index (χ4n) is 1.86. The Hall–Kier alpha value is -2.45. The molecule has 7 nitrogen and oxygen atoms in total. The zero-order valence-electron chi connectivity index (χ0n) is 10.7. The molecule has 2 N–H and O–H groups in total. The zero-order chi connectivity index (χ0) is 14.9. The largest absolute Gasteiger partial charge is 0.417 e. The van der Waals surface area contributed by atoms with Crippen LogP contribution in [0.5, 0.6) is 0 Å². The van der Waals surface area contributed by atoms with E-state index in [1.54, 1.807) is 24.5 Å². The number of benzene rings is 1. The van der Waals surface area contributed by atoms with E-state index in [9.17, 15) is 13.2 Å². The smallest absolute Gasteiger partial charge is 0.408 e. The van der Waals surface area contributed by atoms with Crippen molar-refractivity contribution < 1.29 is 12.8 Å². The Morgan fingerprint density at radius 1 is 1.29 bits per heavy atom. The summed E-state index contributed by atoms with van der Waals surface area (Å²) < 4.78 is 31.7. The monoisotopic (exact) mass is 305 g/mol. The van der Waals surface area contributed by atoms with Crippen LogP contribution in [-0.4, -0.2) is 18.4 Å². The van der Waals surface area contributed by atoms with Gasteiger partial charge in [-0.15, -0.1) is 0 Å². The predicted molar refractivity (Wildman–Crippen MR) is 75.1 cm³/mol. The first kappa shape index (κ1) is 13.5. The number of sulfonamides is 1. The Balaban J connectivity index is 1.87. The van der Waals surface area contributed by atoms with Gasteiger partial charge in [-0.05, 0) is 29.8 Å². The Bertz CT molecular complexity index is 929. The van der Waals surface area contributed by atoms with Crippen molar-refractivity contribution in [3.63, 3.8) is 0 Å². The second-order valence-corrected chi connectivity index (χ2v) is 6.13. The third kappa shape index (κ3) is 2.86. The van der Waals surface area contributed by atoms with Crippen molar-refractivity contribution in [3.8, 4) is 0 Å². The molecule has 1 aromatic carbocycles. The lowest BCUT2D eigenvalue weighted by Crippen LogP contribution is -2.23. The zero-order valence-corrected chi connectivity index (χ0v) is 11.6. The van der Waals surface area contributed by atoms with E-state index in [2.05, 4.69) is 14.7 Å². The number of aromatic nitrogens is 2. The first-order valence-electron chi connectivity index (χ1n) is 6.06.